The highest BCUT2D eigenvalue weighted by Gasteiger charge is 2.34. The third-order valence-electron chi connectivity index (χ3n) is 7.84. The van der Waals surface area contributed by atoms with Crippen molar-refractivity contribution in [2.75, 3.05) is 0 Å². The van der Waals surface area contributed by atoms with Gasteiger partial charge in [-0.1, -0.05) is 102 Å². The summed E-state index contributed by atoms with van der Waals surface area (Å²) in [7, 11) is 0. The van der Waals surface area contributed by atoms with E-state index in [1.165, 1.54) is 94.6 Å². The second kappa shape index (κ2) is 13.3. The zero-order valence-corrected chi connectivity index (χ0v) is 20.2. The van der Waals surface area contributed by atoms with Crippen LogP contribution in [0, 0.1) is 11.8 Å². The summed E-state index contributed by atoms with van der Waals surface area (Å²) in [6, 6.07) is 9.08. The highest BCUT2D eigenvalue weighted by atomic mass is 16.5. The predicted octanol–water partition coefficient (Wildman–Crippen LogP) is 8.90. The lowest BCUT2D eigenvalue weighted by Gasteiger charge is -2.29. The van der Waals surface area contributed by atoms with E-state index < -0.39 is 0 Å². The molecule has 0 radical (unpaired) electrons. The van der Waals surface area contributed by atoms with Crippen molar-refractivity contribution >= 4 is 5.97 Å². The maximum atomic E-state index is 12.3. The summed E-state index contributed by atoms with van der Waals surface area (Å²) in [5.41, 5.74) is 2.68. The Bertz CT molecular complexity index is 627. The highest BCUT2D eigenvalue weighted by Crippen LogP contribution is 2.40. The fourth-order valence-corrected chi connectivity index (χ4v) is 5.70. The van der Waals surface area contributed by atoms with Crippen LogP contribution in [0.1, 0.15) is 140 Å². The van der Waals surface area contributed by atoms with E-state index in [4.69, 9.17) is 4.74 Å². The number of benzene rings is 1. The second-order valence-corrected chi connectivity index (χ2v) is 10.3. The van der Waals surface area contributed by atoms with Crippen molar-refractivity contribution in [3.05, 3.63) is 35.4 Å². The summed E-state index contributed by atoms with van der Waals surface area (Å²) in [6.07, 6.45) is 20.6. The largest absolute Gasteiger partial charge is 0.457 e. The number of rotatable bonds is 13. The van der Waals surface area contributed by atoms with Gasteiger partial charge in [0.2, 0.25) is 0 Å². The molecule has 1 heterocycles. The Hall–Kier alpha value is -1.31. The van der Waals surface area contributed by atoms with E-state index in [0.717, 1.165) is 31.1 Å². The number of ether oxygens (including phenoxy) is 1. The average molecular weight is 427 g/mol. The molecular formula is C29H46O2. The van der Waals surface area contributed by atoms with Gasteiger partial charge in [0, 0.05) is 6.42 Å². The summed E-state index contributed by atoms with van der Waals surface area (Å²) in [5, 5.41) is 0. The topological polar surface area (TPSA) is 26.3 Å². The summed E-state index contributed by atoms with van der Waals surface area (Å²) in [4.78, 5) is 12.3. The van der Waals surface area contributed by atoms with Crippen LogP contribution in [0.4, 0.5) is 0 Å². The van der Waals surface area contributed by atoms with Crippen molar-refractivity contribution in [3.63, 3.8) is 0 Å². The van der Waals surface area contributed by atoms with Gasteiger partial charge in [0.05, 0.1) is 5.92 Å². The van der Waals surface area contributed by atoms with Crippen LogP contribution in [-0.4, -0.2) is 5.97 Å². The molecule has 174 valence electrons. The standard InChI is InChI=1S/C29H46O2/c1-3-5-7-8-9-11-13-27-22-28(31-29(27)30)26-20-18-25(19-21-26)24-16-14-23(15-17-24)12-10-6-4-2/h18-21,23-24,27-28H,3-17,22H2,1-2H3. The number of carbonyl (C=O) groups excluding carboxylic acids is 1. The van der Waals surface area contributed by atoms with E-state index >= 15 is 0 Å². The lowest BCUT2D eigenvalue weighted by molar-refractivity contribution is -0.144. The third kappa shape index (κ3) is 7.65. The summed E-state index contributed by atoms with van der Waals surface area (Å²) in [5.74, 6) is 1.83. The van der Waals surface area contributed by atoms with Crippen molar-refractivity contribution in [3.8, 4) is 0 Å². The number of cyclic esters (lactones) is 1. The summed E-state index contributed by atoms with van der Waals surface area (Å²) in [6.45, 7) is 4.55. The van der Waals surface area contributed by atoms with Gasteiger partial charge in [0.1, 0.15) is 6.10 Å². The Morgan fingerprint density at radius 3 is 2.03 bits per heavy atom. The van der Waals surface area contributed by atoms with Crippen LogP contribution in [0.25, 0.3) is 0 Å². The van der Waals surface area contributed by atoms with Crippen molar-refractivity contribution in [1.82, 2.24) is 0 Å². The van der Waals surface area contributed by atoms with Crippen molar-refractivity contribution in [2.45, 2.75) is 129 Å². The SMILES string of the molecule is CCCCCCCCC1CC(c2ccc(C3CCC(CCCCC)CC3)cc2)OC1=O. The van der Waals surface area contributed by atoms with Gasteiger partial charge >= 0.3 is 5.97 Å². The molecule has 0 N–H and O–H groups in total. The molecule has 0 amide bonds. The van der Waals surface area contributed by atoms with E-state index in [-0.39, 0.29) is 18.0 Å². The smallest absolute Gasteiger partial charge is 0.309 e. The number of unbranched alkanes of at least 4 members (excludes halogenated alkanes) is 7. The van der Waals surface area contributed by atoms with Crippen LogP contribution in [-0.2, 0) is 9.53 Å². The van der Waals surface area contributed by atoms with Crippen LogP contribution in [0.5, 0.6) is 0 Å². The fraction of sp³-hybridized carbons (Fsp3) is 0.759. The van der Waals surface area contributed by atoms with Gasteiger partial charge in [-0.3, -0.25) is 4.79 Å². The summed E-state index contributed by atoms with van der Waals surface area (Å²) >= 11 is 0. The maximum absolute atomic E-state index is 12.3. The lowest BCUT2D eigenvalue weighted by atomic mass is 9.77. The molecule has 2 unspecified atom stereocenters. The molecule has 1 aromatic carbocycles. The predicted molar refractivity (Wildman–Crippen MR) is 130 cm³/mol. The van der Waals surface area contributed by atoms with E-state index in [9.17, 15) is 4.79 Å². The van der Waals surface area contributed by atoms with Gasteiger partial charge in [-0.25, -0.2) is 0 Å². The Morgan fingerprint density at radius 1 is 0.742 bits per heavy atom. The first-order valence-corrected chi connectivity index (χ1v) is 13.5. The van der Waals surface area contributed by atoms with E-state index in [1.807, 2.05) is 0 Å². The normalized spacial score (nSPS) is 26.2. The quantitative estimate of drug-likeness (QED) is 0.232. The number of hydrogen-bond acceptors (Lipinski definition) is 2. The monoisotopic (exact) mass is 426 g/mol. The van der Waals surface area contributed by atoms with E-state index in [1.54, 1.807) is 0 Å². The van der Waals surface area contributed by atoms with Crippen LogP contribution >= 0.6 is 0 Å². The molecule has 2 fully saturated rings. The lowest BCUT2D eigenvalue weighted by Crippen LogP contribution is -2.13. The molecule has 2 heteroatoms. The Balaban J connectivity index is 1.40. The Morgan fingerprint density at radius 2 is 1.32 bits per heavy atom. The molecule has 0 aromatic heterocycles. The van der Waals surface area contributed by atoms with Crippen LogP contribution in [0.15, 0.2) is 24.3 Å². The molecule has 2 nitrogen and oxygen atoms in total. The van der Waals surface area contributed by atoms with Gasteiger partial charge in [-0.05, 0) is 55.1 Å². The third-order valence-corrected chi connectivity index (χ3v) is 7.84. The number of hydrogen-bond donors (Lipinski definition) is 0. The van der Waals surface area contributed by atoms with Gasteiger partial charge in [0.15, 0.2) is 0 Å². The maximum Gasteiger partial charge on any atom is 0.309 e. The minimum Gasteiger partial charge on any atom is -0.457 e. The molecule has 1 saturated heterocycles. The molecule has 0 bridgehead atoms. The minimum atomic E-state index is -0.0269. The number of carbonyl (C=O) groups is 1. The van der Waals surface area contributed by atoms with Gasteiger partial charge in [0.25, 0.3) is 0 Å². The average Bonchev–Trinajstić information content (AvgIpc) is 3.17. The van der Waals surface area contributed by atoms with Gasteiger partial charge < -0.3 is 4.74 Å². The Kier molecular flexibility index (Phi) is 10.4. The molecule has 2 aliphatic rings. The first kappa shape index (κ1) is 24.3. The van der Waals surface area contributed by atoms with Crippen LogP contribution in [0.2, 0.25) is 0 Å². The number of esters is 1. The van der Waals surface area contributed by atoms with E-state index in [0.29, 0.717) is 0 Å². The molecule has 1 aromatic rings. The zero-order valence-electron chi connectivity index (χ0n) is 20.2. The van der Waals surface area contributed by atoms with Gasteiger partial charge in [-0.2, -0.15) is 0 Å². The molecule has 31 heavy (non-hydrogen) atoms. The molecule has 1 saturated carbocycles. The first-order valence-electron chi connectivity index (χ1n) is 13.5. The van der Waals surface area contributed by atoms with Crippen molar-refractivity contribution < 1.29 is 9.53 Å². The molecule has 2 atom stereocenters. The first-order chi connectivity index (χ1) is 15.2. The molecule has 0 spiro atoms. The Labute approximate surface area is 191 Å². The van der Waals surface area contributed by atoms with Crippen molar-refractivity contribution in [1.29, 1.82) is 0 Å². The van der Waals surface area contributed by atoms with Gasteiger partial charge in [-0.15, -0.1) is 0 Å². The minimum absolute atomic E-state index is 0.0269. The van der Waals surface area contributed by atoms with Crippen LogP contribution in [0.3, 0.4) is 0 Å². The highest BCUT2D eigenvalue weighted by molar-refractivity contribution is 5.74. The van der Waals surface area contributed by atoms with E-state index in [2.05, 4.69) is 38.1 Å². The summed E-state index contributed by atoms with van der Waals surface area (Å²) < 4.78 is 5.76. The van der Waals surface area contributed by atoms with Crippen LogP contribution < -0.4 is 0 Å². The fourth-order valence-electron chi connectivity index (χ4n) is 5.70. The molecule has 1 aliphatic heterocycles. The zero-order chi connectivity index (χ0) is 21.9. The second-order valence-electron chi connectivity index (χ2n) is 10.3. The molecule has 3 rings (SSSR count). The molecule has 1 aliphatic carbocycles. The van der Waals surface area contributed by atoms with Crippen molar-refractivity contribution in [2.24, 2.45) is 11.8 Å². The molecular weight excluding hydrogens is 380 g/mol.